The van der Waals surface area contributed by atoms with Crippen LogP contribution in [0.5, 0.6) is 0 Å². The SMILES string of the molecule is COC(=O)CN=C/C=C/c1ccco1. The van der Waals surface area contributed by atoms with E-state index in [0.717, 1.165) is 5.76 Å². The number of aliphatic imine (C=N–C) groups is 1. The second-order valence-corrected chi connectivity index (χ2v) is 2.44. The molecule has 0 aliphatic rings. The largest absolute Gasteiger partial charge is 0.468 e. The third-order valence-electron chi connectivity index (χ3n) is 1.44. The predicted octanol–water partition coefficient (Wildman–Crippen LogP) is 1.54. The van der Waals surface area contributed by atoms with Crippen molar-refractivity contribution in [3.8, 4) is 0 Å². The zero-order valence-electron chi connectivity index (χ0n) is 7.84. The smallest absolute Gasteiger partial charge is 0.327 e. The van der Waals surface area contributed by atoms with Crippen molar-refractivity contribution in [1.29, 1.82) is 0 Å². The second kappa shape index (κ2) is 5.75. The van der Waals surface area contributed by atoms with Gasteiger partial charge in [0.25, 0.3) is 0 Å². The van der Waals surface area contributed by atoms with Crippen LogP contribution in [0.1, 0.15) is 5.76 Å². The number of carbonyl (C=O) groups excluding carboxylic acids is 1. The van der Waals surface area contributed by atoms with E-state index in [4.69, 9.17) is 4.42 Å². The molecule has 0 aliphatic carbocycles. The maximum Gasteiger partial charge on any atom is 0.327 e. The first-order valence-electron chi connectivity index (χ1n) is 4.09. The quantitative estimate of drug-likeness (QED) is 0.538. The van der Waals surface area contributed by atoms with Crippen LogP contribution in [0, 0.1) is 0 Å². The topological polar surface area (TPSA) is 51.8 Å². The van der Waals surface area contributed by atoms with E-state index in [1.165, 1.54) is 13.3 Å². The molecule has 4 heteroatoms. The number of allylic oxidation sites excluding steroid dienone is 1. The summed E-state index contributed by atoms with van der Waals surface area (Å²) in [5.74, 6) is 0.391. The van der Waals surface area contributed by atoms with Gasteiger partial charge in [-0.3, -0.25) is 9.79 Å². The van der Waals surface area contributed by atoms with Crippen molar-refractivity contribution < 1.29 is 13.9 Å². The van der Waals surface area contributed by atoms with Gasteiger partial charge in [0, 0.05) is 6.21 Å². The van der Waals surface area contributed by atoms with E-state index in [0.29, 0.717) is 0 Å². The molecule has 1 heterocycles. The highest BCUT2D eigenvalue weighted by atomic mass is 16.5. The van der Waals surface area contributed by atoms with Gasteiger partial charge in [0.1, 0.15) is 12.3 Å². The van der Waals surface area contributed by atoms with Gasteiger partial charge in [0.05, 0.1) is 13.4 Å². The lowest BCUT2D eigenvalue weighted by Crippen LogP contribution is -2.03. The van der Waals surface area contributed by atoms with Gasteiger partial charge in [-0.25, -0.2) is 0 Å². The molecule has 0 amide bonds. The lowest BCUT2D eigenvalue weighted by molar-refractivity contribution is -0.138. The second-order valence-electron chi connectivity index (χ2n) is 2.44. The Balaban J connectivity index is 2.30. The first-order chi connectivity index (χ1) is 6.83. The molecule has 0 unspecified atom stereocenters. The summed E-state index contributed by atoms with van der Waals surface area (Å²) >= 11 is 0. The molecule has 0 atom stereocenters. The molecule has 0 aliphatic heterocycles. The summed E-state index contributed by atoms with van der Waals surface area (Å²) < 4.78 is 9.45. The van der Waals surface area contributed by atoms with Crippen molar-refractivity contribution in [2.75, 3.05) is 13.7 Å². The van der Waals surface area contributed by atoms with Crippen molar-refractivity contribution in [2.45, 2.75) is 0 Å². The molecule has 14 heavy (non-hydrogen) atoms. The molecule has 1 rings (SSSR count). The highest BCUT2D eigenvalue weighted by Gasteiger charge is 1.93. The maximum atomic E-state index is 10.6. The first kappa shape index (κ1) is 10.2. The Kier molecular flexibility index (Phi) is 4.20. The van der Waals surface area contributed by atoms with Gasteiger partial charge >= 0.3 is 5.97 Å². The molecule has 0 N–H and O–H groups in total. The average Bonchev–Trinajstić information content (AvgIpc) is 2.69. The Labute approximate surface area is 81.9 Å². The molecule has 0 saturated heterocycles. The third-order valence-corrected chi connectivity index (χ3v) is 1.44. The lowest BCUT2D eigenvalue weighted by atomic mass is 10.4. The minimum absolute atomic E-state index is 0.0407. The molecule has 1 aromatic heterocycles. The number of ether oxygens (including phenoxy) is 1. The van der Waals surface area contributed by atoms with Crippen LogP contribution in [0.15, 0.2) is 33.9 Å². The molecule has 1 aromatic rings. The van der Waals surface area contributed by atoms with Gasteiger partial charge in [-0.2, -0.15) is 0 Å². The molecule has 4 nitrogen and oxygen atoms in total. The number of rotatable bonds is 4. The van der Waals surface area contributed by atoms with Gasteiger partial charge < -0.3 is 9.15 Å². The van der Waals surface area contributed by atoms with E-state index >= 15 is 0 Å². The number of nitrogens with zero attached hydrogens (tertiary/aromatic N) is 1. The molecule has 0 spiro atoms. The van der Waals surface area contributed by atoms with Crippen LogP contribution < -0.4 is 0 Å². The molecule has 0 saturated carbocycles. The summed E-state index contributed by atoms with van der Waals surface area (Å²) in [5, 5.41) is 0. The minimum Gasteiger partial charge on any atom is -0.468 e. The highest BCUT2D eigenvalue weighted by molar-refractivity contribution is 5.80. The monoisotopic (exact) mass is 193 g/mol. The lowest BCUT2D eigenvalue weighted by Gasteiger charge is -1.90. The van der Waals surface area contributed by atoms with Crippen LogP contribution in [0.4, 0.5) is 0 Å². The average molecular weight is 193 g/mol. The van der Waals surface area contributed by atoms with Crippen molar-refractivity contribution in [2.24, 2.45) is 4.99 Å². The van der Waals surface area contributed by atoms with Crippen molar-refractivity contribution >= 4 is 18.3 Å². The van der Waals surface area contributed by atoms with Crippen molar-refractivity contribution in [3.05, 3.63) is 30.2 Å². The molecule has 0 radical (unpaired) electrons. The summed E-state index contributed by atoms with van der Waals surface area (Å²) in [6.45, 7) is 0.0407. The Bertz CT molecular complexity index is 325. The molecule has 0 fully saturated rings. The predicted molar refractivity (Wildman–Crippen MR) is 53.1 cm³/mol. The molecular weight excluding hydrogens is 182 g/mol. The highest BCUT2D eigenvalue weighted by Crippen LogP contribution is 2.00. The number of furan rings is 1. The van der Waals surface area contributed by atoms with Crippen molar-refractivity contribution in [3.63, 3.8) is 0 Å². The third kappa shape index (κ3) is 3.71. The Morgan fingerprint density at radius 1 is 1.71 bits per heavy atom. The van der Waals surface area contributed by atoms with Gasteiger partial charge in [-0.15, -0.1) is 0 Å². The summed E-state index contributed by atoms with van der Waals surface area (Å²) in [6, 6.07) is 3.62. The van der Waals surface area contributed by atoms with Crippen LogP contribution in [0.2, 0.25) is 0 Å². The van der Waals surface area contributed by atoms with E-state index in [-0.39, 0.29) is 12.5 Å². The van der Waals surface area contributed by atoms with E-state index in [2.05, 4.69) is 9.73 Å². The van der Waals surface area contributed by atoms with Crippen LogP contribution >= 0.6 is 0 Å². The number of methoxy groups -OCH3 is 1. The van der Waals surface area contributed by atoms with Crippen LogP contribution in [-0.4, -0.2) is 25.8 Å². The summed E-state index contributed by atoms with van der Waals surface area (Å²) in [7, 11) is 1.33. The van der Waals surface area contributed by atoms with E-state index in [1.54, 1.807) is 24.5 Å². The van der Waals surface area contributed by atoms with Gasteiger partial charge in [-0.05, 0) is 24.3 Å². The van der Waals surface area contributed by atoms with Gasteiger partial charge in [0.15, 0.2) is 0 Å². The van der Waals surface area contributed by atoms with Crippen molar-refractivity contribution in [1.82, 2.24) is 0 Å². The minimum atomic E-state index is -0.354. The summed E-state index contributed by atoms with van der Waals surface area (Å²) in [5.41, 5.74) is 0. The fourth-order valence-electron chi connectivity index (χ4n) is 0.777. The van der Waals surface area contributed by atoms with Crippen LogP contribution in [0.3, 0.4) is 0 Å². The van der Waals surface area contributed by atoms with Crippen LogP contribution in [-0.2, 0) is 9.53 Å². The molecule has 74 valence electrons. The van der Waals surface area contributed by atoms with Crippen LogP contribution in [0.25, 0.3) is 6.08 Å². The number of esters is 1. The standard InChI is InChI=1S/C10H11NO3/c1-13-10(12)8-11-6-2-4-9-5-3-7-14-9/h2-7H,8H2,1H3/b4-2+,11-6?. The van der Waals surface area contributed by atoms with Gasteiger partial charge in [-0.1, -0.05) is 0 Å². The number of carbonyl (C=O) groups is 1. The molecule has 0 aromatic carbocycles. The van der Waals surface area contributed by atoms with Gasteiger partial charge in [0.2, 0.25) is 0 Å². The summed E-state index contributed by atoms with van der Waals surface area (Å²) in [6.07, 6.45) is 6.56. The maximum absolute atomic E-state index is 10.6. The van der Waals surface area contributed by atoms with E-state index < -0.39 is 0 Å². The number of hydrogen-bond donors (Lipinski definition) is 0. The summed E-state index contributed by atoms with van der Waals surface area (Å²) in [4.78, 5) is 14.4. The fourth-order valence-corrected chi connectivity index (χ4v) is 0.777. The Morgan fingerprint density at radius 3 is 3.21 bits per heavy atom. The number of hydrogen-bond acceptors (Lipinski definition) is 4. The molecule has 0 bridgehead atoms. The Hall–Kier alpha value is -1.84. The van der Waals surface area contributed by atoms with E-state index in [9.17, 15) is 4.79 Å². The normalized spacial score (nSPS) is 11.2. The van der Waals surface area contributed by atoms with E-state index in [1.807, 2.05) is 6.07 Å². The zero-order valence-corrected chi connectivity index (χ0v) is 7.84. The zero-order chi connectivity index (χ0) is 10.2. The Morgan fingerprint density at radius 2 is 2.57 bits per heavy atom. The molecular formula is C10H11NO3. The fraction of sp³-hybridized carbons (Fsp3) is 0.200. The first-order valence-corrected chi connectivity index (χ1v) is 4.09.